The number of hydrogen-bond acceptors (Lipinski definition) is 6. The van der Waals surface area contributed by atoms with Crippen LogP contribution in [0.25, 0.3) is 0 Å². The van der Waals surface area contributed by atoms with Gasteiger partial charge in [-0.2, -0.15) is 0 Å². The number of nitrogens with one attached hydrogen (secondary N) is 1. The zero-order valence-corrected chi connectivity index (χ0v) is 15.8. The molecule has 0 radical (unpaired) electrons. The van der Waals surface area contributed by atoms with Gasteiger partial charge in [0.1, 0.15) is 17.2 Å². The van der Waals surface area contributed by atoms with E-state index >= 15 is 0 Å². The Bertz CT molecular complexity index is 788. The van der Waals surface area contributed by atoms with Gasteiger partial charge >= 0.3 is 5.97 Å². The van der Waals surface area contributed by atoms with Crippen LogP contribution in [-0.2, 0) is 14.3 Å². The van der Waals surface area contributed by atoms with Gasteiger partial charge in [0.2, 0.25) is 0 Å². The highest BCUT2D eigenvalue weighted by Crippen LogP contribution is 2.25. The predicted molar refractivity (Wildman–Crippen MR) is 100 cm³/mol. The number of amides is 1. The fraction of sp³-hybridized carbons (Fsp3) is 0.300. The molecule has 1 atom stereocenters. The van der Waals surface area contributed by atoms with E-state index in [-0.39, 0.29) is 6.61 Å². The number of hydrogen-bond donors (Lipinski definition) is 1. The van der Waals surface area contributed by atoms with Crippen molar-refractivity contribution in [3.8, 4) is 17.2 Å². The largest absolute Gasteiger partial charge is 0.497 e. The molecule has 7 nitrogen and oxygen atoms in total. The summed E-state index contributed by atoms with van der Waals surface area (Å²) in [5.74, 6) is 0.591. The highest BCUT2D eigenvalue weighted by atomic mass is 16.6. The van der Waals surface area contributed by atoms with Crippen LogP contribution >= 0.6 is 0 Å². The number of rotatable bonds is 8. The van der Waals surface area contributed by atoms with Crippen LogP contribution in [0.3, 0.4) is 0 Å². The van der Waals surface area contributed by atoms with E-state index in [0.717, 1.165) is 5.56 Å². The molecule has 27 heavy (non-hydrogen) atoms. The van der Waals surface area contributed by atoms with Gasteiger partial charge in [0, 0.05) is 0 Å². The van der Waals surface area contributed by atoms with E-state index in [1.54, 1.807) is 43.5 Å². The lowest BCUT2D eigenvalue weighted by molar-refractivity contribution is -0.155. The Hall–Kier alpha value is -3.22. The van der Waals surface area contributed by atoms with Crippen LogP contribution in [0.5, 0.6) is 17.2 Å². The third-order valence-electron chi connectivity index (χ3n) is 3.71. The van der Waals surface area contributed by atoms with Crippen LogP contribution in [-0.4, -0.2) is 38.8 Å². The van der Waals surface area contributed by atoms with Crippen molar-refractivity contribution in [3.63, 3.8) is 0 Å². The molecule has 0 aliphatic rings. The summed E-state index contributed by atoms with van der Waals surface area (Å²) in [5, 5.41) is 2.70. The van der Waals surface area contributed by atoms with Crippen LogP contribution in [0.1, 0.15) is 12.5 Å². The molecule has 0 saturated carbocycles. The molecule has 2 aromatic rings. The van der Waals surface area contributed by atoms with Gasteiger partial charge in [-0.15, -0.1) is 0 Å². The standard InChI is InChI=1S/C20H23NO6/c1-13-5-10-18(25-4)17(11-13)21-20(23)14(2)27-19(22)12-26-16-8-6-15(24-3)7-9-16/h5-11,14H,12H2,1-4H3,(H,21,23). The number of benzene rings is 2. The Kier molecular flexibility index (Phi) is 7.05. The average molecular weight is 373 g/mol. The highest BCUT2D eigenvalue weighted by molar-refractivity contribution is 5.96. The molecule has 0 spiro atoms. The Labute approximate surface area is 158 Å². The predicted octanol–water partition coefficient (Wildman–Crippen LogP) is 2.96. The molecule has 0 saturated heterocycles. The Morgan fingerprint density at radius 1 is 1.00 bits per heavy atom. The van der Waals surface area contributed by atoms with Crippen LogP contribution < -0.4 is 19.5 Å². The zero-order chi connectivity index (χ0) is 19.8. The molecule has 7 heteroatoms. The van der Waals surface area contributed by atoms with Gasteiger partial charge in [-0.1, -0.05) is 6.07 Å². The van der Waals surface area contributed by atoms with E-state index in [9.17, 15) is 9.59 Å². The molecular weight excluding hydrogens is 350 g/mol. The summed E-state index contributed by atoms with van der Waals surface area (Å²) >= 11 is 0. The Morgan fingerprint density at radius 3 is 2.30 bits per heavy atom. The molecule has 1 unspecified atom stereocenters. The summed E-state index contributed by atoms with van der Waals surface area (Å²) in [6.45, 7) is 3.08. The van der Waals surface area contributed by atoms with Crippen molar-refractivity contribution in [1.29, 1.82) is 0 Å². The van der Waals surface area contributed by atoms with Crippen LogP contribution in [0.2, 0.25) is 0 Å². The number of anilines is 1. The third kappa shape index (κ3) is 5.91. The monoisotopic (exact) mass is 373 g/mol. The van der Waals surface area contributed by atoms with Gasteiger partial charge in [-0.3, -0.25) is 4.79 Å². The van der Waals surface area contributed by atoms with E-state index in [2.05, 4.69) is 5.32 Å². The van der Waals surface area contributed by atoms with Gasteiger partial charge in [0.05, 0.1) is 19.9 Å². The molecule has 0 aliphatic carbocycles. The van der Waals surface area contributed by atoms with Crippen LogP contribution in [0, 0.1) is 6.92 Å². The third-order valence-corrected chi connectivity index (χ3v) is 3.71. The second-order valence-electron chi connectivity index (χ2n) is 5.79. The normalized spacial score (nSPS) is 11.3. The SMILES string of the molecule is COc1ccc(OCC(=O)OC(C)C(=O)Nc2cc(C)ccc2OC)cc1. The first-order valence-corrected chi connectivity index (χ1v) is 8.34. The smallest absolute Gasteiger partial charge is 0.344 e. The molecule has 0 heterocycles. The number of ether oxygens (including phenoxy) is 4. The minimum absolute atomic E-state index is 0.308. The maximum absolute atomic E-state index is 12.3. The number of esters is 1. The number of methoxy groups -OCH3 is 2. The van der Waals surface area contributed by atoms with E-state index in [1.807, 2.05) is 13.0 Å². The van der Waals surface area contributed by atoms with Gasteiger partial charge in [0.15, 0.2) is 12.7 Å². The minimum atomic E-state index is -0.984. The van der Waals surface area contributed by atoms with Crippen molar-refractivity contribution in [1.82, 2.24) is 0 Å². The molecule has 0 fully saturated rings. The number of aryl methyl sites for hydroxylation is 1. The molecule has 0 bridgehead atoms. The van der Waals surface area contributed by atoms with Gasteiger partial charge in [-0.25, -0.2) is 4.79 Å². The number of carbonyl (C=O) groups excluding carboxylic acids is 2. The Morgan fingerprint density at radius 2 is 1.67 bits per heavy atom. The average Bonchev–Trinajstić information content (AvgIpc) is 2.67. The number of carbonyl (C=O) groups is 2. The van der Waals surface area contributed by atoms with Crippen molar-refractivity contribution in [3.05, 3.63) is 48.0 Å². The maximum atomic E-state index is 12.3. The topological polar surface area (TPSA) is 83.1 Å². The van der Waals surface area contributed by atoms with Gasteiger partial charge in [-0.05, 0) is 55.8 Å². The van der Waals surface area contributed by atoms with E-state index < -0.39 is 18.0 Å². The second-order valence-corrected chi connectivity index (χ2v) is 5.79. The molecule has 2 aromatic carbocycles. The summed E-state index contributed by atoms with van der Waals surface area (Å²) in [7, 11) is 3.08. The van der Waals surface area contributed by atoms with Gasteiger partial charge in [0.25, 0.3) is 5.91 Å². The molecule has 1 amide bonds. The quantitative estimate of drug-likeness (QED) is 0.717. The van der Waals surface area contributed by atoms with Crippen molar-refractivity contribution in [2.45, 2.75) is 20.0 Å². The fourth-order valence-corrected chi connectivity index (χ4v) is 2.25. The summed E-state index contributed by atoms with van der Waals surface area (Å²) in [5.41, 5.74) is 1.48. The summed E-state index contributed by atoms with van der Waals surface area (Å²) in [6, 6.07) is 12.2. The lowest BCUT2D eigenvalue weighted by Crippen LogP contribution is -2.31. The van der Waals surface area contributed by atoms with E-state index in [1.165, 1.54) is 14.0 Å². The maximum Gasteiger partial charge on any atom is 0.344 e. The Balaban J connectivity index is 1.86. The molecule has 0 aromatic heterocycles. The molecular formula is C20H23NO6. The summed E-state index contributed by atoms with van der Waals surface area (Å²) in [6.07, 6.45) is -0.984. The van der Waals surface area contributed by atoms with Crippen LogP contribution in [0.4, 0.5) is 5.69 Å². The first-order valence-electron chi connectivity index (χ1n) is 8.34. The van der Waals surface area contributed by atoms with Gasteiger partial charge < -0.3 is 24.3 Å². The first kappa shape index (κ1) is 20.1. The lowest BCUT2D eigenvalue weighted by atomic mass is 10.2. The molecule has 144 valence electrons. The molecule has 2 rings (SSSR count). The fourth-order valence-electron chi connectivity index (χ4n) is 2.25. The molecule has 0 aliphatic heterocycles. The summed E-state index contributed by atoms with van der Waals surface area (Å²) < 4.78 is 20.7. The van der Waals surface area contributed by atoms with Crippen molar-refractivity contribution in [2.24, 2.45) is 0 Å². The minimum Gasteiger partial charge on any atom is -0.497 e. The highest BCUT2D eigenvalue weighted by Gasteiger charge is 2.19. The first-order chi connectivity index (χ1) is 12.9. The van der Waals surface area contributed by atoms with Crippen LogP contribution in [0.15, 0.2) is 42.5 Å². The van der Waals surface area contributed by atoms with Crippen molar-refractivity contribution in [2.75, 3.05) is 26.1 Å². The lowest BCUT2D eigenvalue weighted by Gasteiger charge is -2.16. The van der Waals surface area contributed by atoms with Crippen molar-refractivity contribution >= 4 is 17.6 Å². The molecule has 1 N–H and O–H groups in total. The second kappa shape index (κ2) is 9.47. The van der Waals surface area contributed by atoms with E-state index in [4.69, 9.17) is 18.9 Å². The summed E-state index contributed by atoms with van der Waals surface area (Å²) in [4.78, 5) is 24.2. The zero-order valence-electron chi connectivity index (χ0n) is 15.8. The van der Waals surface area contributed by atoms with E-state index in [0.29, 0.717) is 22.9 Å². The van der Waals surface area contributed by atoms with Crippen molar-refractivity contribution < 1.29 is 28.5 Å².